The molecule has 0 amide bonds. The normalized spacial score (nSPS) is 26.8. The number of nitrogens with zero attached hydrogens (tertiary/aromatic N) is 1. The van der Waals surface area contributed by atoms with Crippen LogP contribution in [0, 0.1) is 18.8 Å². The zero-order chi connectivity index (χ0) is 12.3. The van der Waals surface area contributed by atoms with Crippen LogP contribution in [-0.4, -0.2) is 10.1 Å². The number of aliphatic hydroxyl groups excluding tert-OH is 1. The fraction of sp³-hybridized carbons (Fsp3) is 0.667. The molecule has 1 aliphatic rings. The molecule has 1 fully saturated rings. The highest BCUT2D eigenvalue weighted by atomic mass is 16.3. The average molecular weight is 233 g/mol. The molecule has 17 heavy (non-hydrogen) atoms. The van der Waals surface area contributed by atoms with Crippen LogP contribution >= 0.6 is 0 Å². The van der Waals surface area contributed by atoms with Gasteiger partial charge in [0.1, 0.15) is 0 Å². The first-order valence-electron chi connectivity index (χ1n) is 6.82. The van der Waals surface area contributed by atoms with E-state index in [0.29, 0.717) is 5.92 Å². The SMILES string of the molecule is CCC1CCCC(C(O)c2cccc(C)n2)C1. The van der Waals surface area contributed by atoms with Crippen LogP contribution in [0.15, 0.2) is 18.2 Å². The number of pyridine rings is 1. The zero-order valence-electron chi connectivity index (χ0n) is 10.9. The Labute approximate surface area is 104 Å². The summed E-state index contributed by atoms with van der Waals surface area (Å²) in [6, 6.07) is 5.92. The fourth-order valence-corrected chi connectivity index (χ4v) is 2.96. The van der Waals surface area contributed by atoms with Crippen LogP contribution in [0.1, 0.15) is 56.5 Å². The summed E-state index contributed by atoms with van der Waals surface area (Å²) in [6.45, 7) is 4.23. The Bertz CT molecular complexity index is 364. The van der Waals surface area contributed by atoms with Crippen LogP contribution in [0.5, 0.6) is 0 Å². The Morgan fingerprint density at radius 1 is 1.41 bits per heavy atom. The number of aromatic nitrogens is 1. The van der Waals surface area contributed by atoms with Gasteiger partial charge < -0.3 is 5.11 Å². The first kappa shape index (κ1) is 12.6. The van der Waals surface area contributed by atoms with Crippen LogP contribution in [0.4, 0.5) is 0 Å². The molecule has 0 radical (unpaired) electrons. The summed E-state index contributed by atoms with van der Waals surface area (Å²) in [5.74, 6) is 1.20. The summed E-state index contributed by atoms with van der Waals surface area (Å²) in [4.78, 5) is 4.45. The van der Waals surface area contributed by atoms with Crippen molar-refractivity contribution in [3.63, 3.8) is 0 Å². The lowest BCUT2D eigenvalue weighted by Crippen LogP contribution is -2.22. The average Bonchev–Trinajstić information content (AvgIpc) is 2.38. The van der Waals surface area contributed by atoms with Crippen molar-refractivity contribution in [1.82, 2.24) is 4.98 Å². The van der Waals surface area contributed by atoms with Gasteiger partial charge >= 0.3 is 0 Å². The molecular weight excluding hydrogens is 210 g/mol. The number of aliphatic hydroxyl groups is 1. The van der Waals surface area contributed by atoms with Crippen molar-refractivity contribution in [3.8, 4) is 0 Å². The third-order valence-corrected chi connectivity index (χ3v) is 4.06. The van der Waals surface area contributed by atoms with Crippen molar-refractivity contribution in [1.29, 1.82) is 0 Å². The van der Waals surface area contributed by atoms with Gasteiger partial charge in [0.15, 0.2) is 0 Å². The second kappa shape index (κ2) is 5.63. The Hall–Kier alpha value is -0.890. The highest BCUT2D eigenvalue weighted by Crippen LogP contribution is 2.37. The first-order chi connectivity index (χ1) is 8.20. The van der Waals surface area contributed by atoms with Crippen molar-refractivity contribution in [3.05, 3.63) is 29.6 Å². The van der Waals surface area contributed by atoms with Gasteiger partial charge in [-0.25, -0.2) is 0 Å². The van der Waals surface area contributed by atoms with Gasteiger partial charge in [-0.3, -0.25) is 4.98 Å². The maximum Gasteiger partial charge on any atom is 0.0987 e. The predicted octanol–water partition coefficient (Wildman–Crippen LogP) is 3.64. The highest BCUT2D eigenvalue weighted by molar-refractivity contribution is 5.13. The summed E-state index contributed by atoms with van der Waals surface area (Å²) < 4.78 is 0. The summed E-state index contributed by atoms with van der Waals surface area (Å²) >= 11 is 0. The summed E-state index contributed by atoms with van der Waals surface area (Å²) in [5.41, 5.74) is 1.84. The van der Waals surface area contributed by atoms with E-state index in [2.05, 4.69) is 11.9 Å². The van der Waals surface area contributed by atoms with Crippen molar-refractivity contribution < 1.29 is 5.11 Å². The first-order valence-corrected chi connectivity index (χ1v) is 6.82. The molecule has 1 aromatic rings. The Kier molecular flexibility index (Phi) is 4.16. The summed E-state index contributed by atoms with van der Waals surface area (Å²) in [6.07, 6.45) is 5.77. The van der Waals surface area contributed by atoms with Crippen LogP contribution < -0.4 is 0 Å². The quantitative estimate of drug-likeness (QED) is 0.864. The van der Waals surface area contributed by atoms with Gasteiger partial charge in [-0.15, -0.1) is 0 Å². The van der Waals surface area contributed by atoms with E-state index in [0.717, 1.165) is 30.1 Å². The zero-order valence-corrected chi connectivity index (χ0v) is 10.9. The predicted molar refractivity (Wildman–Crippen MR) is 69.7 cm³/mol. The minimum Gasteiger partial charge on any atom is -0.387 e. The lowest BCUT2D eigenvalue weighted by Gasteiger charge is -2.31. The van der Waals surface area contributed by atoms with Crippen LogP contribution in [0.3, 0.4) is 0 Å². The summed E-state index contributed by atoms with van der Waals surface area (Å²) in [5, 5.41) is 10.4. The van der Waals surface area contributed by atoms with Gasteiger partial charge in [0.25, 0.3) is 0 Å². The third kappa shape index (κ3) is 3.06. The summed E-state index contributed by atoms with van der Waals surface area (Å²) in [7, 11) is 0. The van der Waals surface area contributed by atoms with Crippen LogP contribution in [-0.2, 0) is 0 Å². The molecule has 1 N–H and O–H groups in total. The van der Waals surface area contributed by atoms with Gasteiger partial charge in [-0.05, 0) is 43.7 Å². The van der Waals surface area contributed by atoms with E-state index in [9.17, 15) is 5.11 Å². The van der Waals surface area contributed by atoms with Crippen molar-refractivity contribution in [2.24, 2.45) is 11.8 Å². The van der Waals surface area contributed by atoms with E-state index in [1.807, 2.05) is 25.1 Å². The van der Waals surface area contributed by atoms with Crippen molar-refractivity contribution in [2.75, 3.05) is 0 Å². The third-order valence-electron chi connectivity index (χ3n) is 4.06. The van der Waals surface area contributed by atoms with Crippen molar-refractivity contribution >= 4 is 0 Å². The molecule has 3 atom stereocenters. The number of hydrogen-bond acceptors (Lipinski definition) is 2. The Morgan fingerprint density at radius 3 is 2.94 bits per heavy atom. The molecule has 0 saturated heterocycles. The maximum atomic E-state index is 10.4. The molecule has 0 bridgehead atoms. The molecule has 0 aliphatic heterocycles. The monoisotopic (exact) mass is 233 g/mol. The number of aryl methyl sites for hydroxylation is 1. The van der Waals surface area contributed by atoms with Gasteiger partial charge in [0, 0.05) is 5.69 Å². The van der Waals surface area contributed by atoms with Gasteiger partial charge in [0.2, 0.25) is 0 Å². The minimum atomic E-state index is -0.371. The topological polar surface area (TPSA) is 33.1 Å². The van der Waals surface area contributed by atoms with Crippen LogP contribution in [0.25, 0.3) is 0 Å². The highest BCUT2D eigenvalue weighted by Gasteiger charge is 2.28. The molecule has 94 valence electrons. The molecule has 2 rings (SSSR count). The fourth-order valence-electron chi connectivity index (χ4n) is 2.96. The maximum absolute atomic E-state index is 10.4. The van der Waals surface area contributed by atoms with Crippen molar-refractivity contribution in [2.45, 2.75) is 52.1 Å². The van der Waals surface area contributed by atoms with Gasteiger partial charge in [0.05, 0.1) is 11.8 Å². The molecule has 1 aromatic heterocycles. The van der Waals surface area contributed by atoms with Crippen LogP contribution in [0.2, 0.25) is 0 Å². The van der Waals surface area contributed by atoms with E-state index in [1.165, 1.54) is 19.3 Å². The number of hydrogen-bond donors (Lipinski definition) is 1. The molecule has 3 unspecified atom stereocenters. The lowest BCUT2D eigenvalue weighted by atomic mass is 9.77. The van der Waals surface area contributed by atoms with E-state index in [4.69, 9.17) is 0 Å². The second-order valence-electron chi connectivity index (χ2n) is 5.35. The molecule has 2 heteroatoms. The molecular formula is C15H23NO. The molecule has 0 spiro atoms. The molecule has 0 aromatic carbocycles. The second-order valence-corrected chi connectivity index (χ2v) is 5.35. The van der Waals surface area contributed by atoms with Gasteiger partial charge in [-0.2, -0.15) is 0 Å². The lowest BCUT2D eigenvalue weighted by molar-refractivity contribution is 0.0644. The van der Waals surface area contributed by atoms with E-state index < -0.39 is 0 Å². The molecule has 2 nitrogen and oxygen atoms in total. The largest absolute Gasteiger partial charge is 0.387 e. The Balaban J connectivity index is 2.06. The molecule has 1 heterocycles. The standard InChI is InChI=1S/C15H23NO/c1-3-12-7-5-8-13(10-12)15(17)14-9-4-6-11(2)16-14/h4,6,9,12-13,15,17H,3,5,7-8,10H2,1-2H3. The Morgan fingerprint density at radius 2 is 2.24 bits per heavy atom. The molecule has 1 saturated carbocycles. The van der Waals surface area contributed by atoms with E-state index >= 15 is 0 Å². The smallest absolute Gasteiger partial charge is 0.0987 e. The number of rotatable bonds is 3. The minimum absolute atomic E-state index is 0.371. The molecule has 1 aliphatic carbocycles. The van der Waals surface area contributed by atoms with E-state index in [1.54, 1.807) is 0 Å². The van der Waals surface area contributed by atoms with Gasteiger partial charge in [-0.1, -0.05) is 32.3 Å². The van der Waals surface area contributed by atoms with E-state index in [-0.39, 0.29) is 6.10 Å².